The molecule has 8 nitrogen and oxygen atoms in total. The highest BCUT2D eigenvalue weighted by molar-refractivity contribution is 7.14. The molecule has 10 heteroatoms. The summed E-state index contributed by atoms with van der Waals surface area (Å²) in [6.07, 6.45) is 8.14. The Hall–Kier alpha value is -2.92. The molecule has 1 fully saturated rings. The van der Waals surface area contributed by atoms with Crippen molar-refractivity contribution in [3.05, 3.63) is 66.5 Å². The number of fused-ring (bicyclic) bond motifs is 3. The van der Waals surface area contributed by atoms with Crippen molar-refractivity contribution in [2.45, 2.75) is 89.5 Å². The van der Waals surface area contributed by atoms with Crippen molar-refractivity contribution in [3.8, 4) is 0 Å². The lowest BCUT2D eigenvalue weighted by Crippen LogP contribution is -2.42. The van der Waals surface area contributed by atoms with Crippen molar-refractivity contribution >= 4 is 46.0 Å². The van der Waals surface area contributed by atoms with E-state index in [9.17, 15) is 14.7 Å². The van der Waals surface area contributed by atoms with Crippen LogP contribution in [0.5, 0.6) is 0 Å². The van der Waals surface area contributed by atoms with Gasteiger partial charge in [0.25, 0.3) is 0 Å². The topological polar surface area (TPSA) is 97.6 Å². The normalized spacial score (nSPS) is 19.0. The average molecular weight is 607 g/mol. The minimum Gasteiger partial charge on any atom is -0.460 e. The minimum atomic E-state index is -1.77. The van der Waals surface area contributed by atoms with E-state index in [4.69, 9.17) is 4.74 Å². The van der Waals surface area contributed by atoms with Crippen LogP contribution in [-0.2, 0) is 34.5 Å². The van der Waals surface area contributed by atoms with Gasteiger partial charge in [0.1, 0.15) is 17.9 Å². The minimum absolute atomic E-state index is 0.198. The zero-order valence-corrected chi connectivity index (χ0v) is 26.1. The molecule has 6 rings (SSSR count). The fourth-order valence-electron chi connectivity index (χ4n) is 6.63. The Kier molecular flexibility index (Phi) is 8.33. The largest absolute Gasteiger partial charge is 0.460 e. The molecule has 3 aromatic heterocycles. The summed E-state index contributed by atoms with van der Waals surface area (Å²) in [5.41, 5.74) is 3.31. The van der Waals surface area contributed by atoms with Crippen LogP contribution in [0.3, 0.4) is 0 Å². The van der Waals surface area contributed by atoms with Gasteiger partial charge in [-0.2, -0.15) is 0 Å². The summed E-state index contributed by atoms with van der Waals surface area (Å²) >= 11 is 2.87. The number of benzene rings is 1. The van der Waals surface area contributed by atoms with E-state index in [-0.39, 0.29) is 6.10 Å². The molecule has 0 radical (unpaired) electrons. The SMILES string of the molecule is Cc1ccc(C(O)(C(=O)OC2CCC(N(C)CCCn3nnc4cc(C=O)c5c(c43)CCC5)CC2)c2ccc(C)s2)s1. The number of ether oxygens (including phenoxy) is 1. The number of thiophene rings is 2. The summed E-state index contributed by atoms with van der Waals surface area (Å²) in [6.45, 7) is 5.66. The van der Waals surface area contributed by atoms with Gasteiger partial charge in [-0.05, 0) is 120 Å². The Balaban J connectivity index is 1.03. The Morgan fingerprint density at radius 2 is 1.76 bits per heavy atom. The molecular formula is C32H38N4O4S2. The van der Waals surface area contributed by atoms with E-state index in [2.05, 4.69) is 22.3 Å². The van der Waals surface area contributed by atoms with E-state index in [0.717, 1.165) is 97.1 Å². The second-order valence-corrected chi connectivity index (χ2v) is 14.4. The third kappa shape index (κ3) is 5.45. The molecule has 0 unspecified atom stereocenters. The van der Waals surface area contributed by atoms with Crippen molar-refractivity contribution < 1.29 is 19.4 Å². The van der Waals surface area contributed by atoms with E-state index >= 15 is 0 Å². The predicted octanol–water partition coefficient (Wildman–Crippen LogP) is 5.58. The maximum absolute atomic E-state index is 13.5. The molecular weight excluding hydrogens is 569 g/mol. The highest BCUT2D eigenvalue weighted by atomic mass is 32.1. The van der Waals surface area contributed by atoms with Crippen molar-refractivity contribution in [1.29, 1.82) is 0 Å². The number of aromatic nitrogens is 3. The van der Waals surface area contributed by atoms with Crippen molar-refractivity contribution in [1.82, 2.24) is 19.9 Å². The van der Waals surface area contributed by atoms with E-state index in [1.54, 1.807) is 0 Å². The maximum Gasteiger partial charge on any atom is 0.349 e. The van der Waals surface area contributed by atoms with Gasteiger partial charge in [0.05, 0.1) is 15.3 Å². The van der Waals surface area contributed by atoms with Gasteiger partial charge in [-0.1, -0.05) is 5.21 Å². The highest BCUT2D eigenvalue weighted by Crippen LogP contribution is 2.40. The second-order valence-electron chi connectivity index (χ2n) is 11.8. The first-order valence-electron chi connectivity index (χ1n) is 14.9. The Labute approximate surface area is 254 Å². The first kappa shape index (κ1) is 29.2. The number of rotatable bonds is 10. The summed E-state index contributed by atoms with van der Waals surface area (Å²) in [6, 6.07) is 9.84. The number of esters is 1. The number of hydrogen-bond acceptors (Lipinski definition) is 9. The fourth-order valence-corrected chi connectivity index (χ4v) is 8.61. The molecule has 2 aliphatic carbocycles. The van der Waals surface area contributed by atoms with Gasteiger partial charge in [0, 0.05) is 27.9 Å². The van der Waals surface area contributed by atoms with Gasteiger partial charge < -0.3 is 14.7 Å². The molecule has 42 heavy (non-hydrogen) atoms. The van der Waals surface area contributed by atoms with Gasteiger partial charge in [-0.15, -0.1) is 27.8 Å². The van der Waals surface area contributed by atoms with E-state index in [0.29, 0.717) is 15.8 Å². The molecule has 0 saturated heterocycles. The molecule has 3 heterocycles. The number of carbonyl (C=O) groups excluding carboxylic acids is 2. The number of carbonyl (C=O) groups is 2. The monoisotopic (exact) mass is 606 g/mol. The standard InChI is InChI=1S/C32H38N4O4S2/c1-20-8-14-28(41-20)32(39,29-15-9-21(2)42-29)31(38)40-24-12-10-23(11-13-24)35(3)16-5-17-36-30-26-7-4-6-25(26)22(19-37)18-27(30)33-34-36/h8-9,14-15,18-19,23-24,39H,4-7,10-13,16-17H2,1-3H3. The van der Waals surface area contributed by atoms with Crippen LogP contribution in [-0.4, -0.2) is 63.0 Å². The maximum atomic E-state index is 13.5. The predicted molar refractivity (Wildman–Crippen MR) is 165 cm³/mol. The lowest BCUT2D eigenvalue weighted by Gasteiger charge is -2.35. The average Bonchev–Trinajstić information content (AvgIpc) is 3.80. The lowest BCUT2D eigenvalue weighted by molar-refractivity contribution is -0.169. The van der Waals surface area contributed by atoms with Crippen molar-refractivity contribution in [3.63, 3.8) is 0 Å². The van der Waals surface area contributed by atoms with Gasteiger partial charge in [-0.3, -0.25) is 4.79 Å². The van der Waals surface area contributed by atoms with Crippen LogP contribution in [0.4, 0.5) is 0 Å². The summed E-state index contributed by atoms with van der Waals surface area (Å²) in [4.78, 5) is 30.8. The van der Waals surface area contributed by atoms with E-state index in [1.807, 2.05) is 48.9 Å². The lowest BCUT2D eigenvalue weighted by atomic mass is 9.91. The number of aldehydes is 1. The first-order chi connectivity index (χ1) is 20.3. The molecule has 4 aromatic rings. The molecule has 0 aliphatic heterocycles. The zero-order valence-electron chi connectivity index (χ0n) is 24.5. The second kappa shape index (κ2) is 12.0. The van der Waals surface area contributed by atoms with Crippen LogP contribution >= 0.6 is 22.7 Å². The third-order valence-electron chi connectivity index (χ3n) is 8.94. The number of aryl methyl sites for hydroxylation is 4. The van der Waals surface area contributed by atoms with Crippen molar-refractivity contribution in [2.24, 2.45) is 0 Å². The Morgan fingerprint density at radius 1 is 1.10 bits per heavy atom. The summed E-state index contributed by atoms with van der Waals surface area (Å²) in [5, 5.41) is 20.5. The first-order valence-corrected chi connectivity index (χ1v) is 16.5. The molecule has 0 amide bonds. The molecule has 1 saturated carbocycles. The van der Waals surface area contributed by atoms with Gasteiger partial charge >= 0.3 is 5.97 Å². The van der Waals surface area contributed by atoms with Crippen LogP contribution in [0.15, 0.2) is 30.3 Å². The van der Waals surface area contributed by atoms with Gasteiger partial charge in [0.2, 0.25) is 5.60 Å². The fraction of sp³-hybridized carbons (Fsp3) is 0.500. The number of hydrogen-bond donors (Lipinski definition) is 1. The highest BCUT2D eigenvalue weighted by Gasteiger charge is 2.45. The van der Waals surface area contributed by atoms with E-state index < -0.39 is 11.6 Å². The quantitative estimate of drug-likeness (QED) is 0.186. The number of aliphatic hydroxyl groups is 1. The summed E-state index contributed by atoms with van der Waals surface area (Å²) in [5.74, 6) is -0.574. The summed E-state index contributed by atoms with van der Waals surface area (Å²) < 4.78 is 8.02. The molecule has 0 atom stereocenters. The van der Waals surface area contributed by atoms with Crippen LogP contribution in [0, 0.1) is 13.8 Å². The molecule has 1 N–H and O–H groups in total. The van der Waals surface area contributed by atoms with Gasteiger partial charge in [-0.25, -0.2) is 9.48 Å². The molecule has 0 spiro atoms. The smallest absolute Gasteiger partial charge is 0.349 e. The van der Waals surface area contributed by atoms with Crippen LogP contribution in [0.2, 0.25) is 0 Å². The Morgan fingerprint density at radius 3 is 2.38 bits per heavy atom. The number of nitrogens with zero attached hydrogens (tertiary/aromatic N) is 4. The molecule has 0 bridgehead atoms. The molecule has 222 valence electrons. The molecule has 1 aromatic carbocycles. The molecule has 2 aliphatic rings. The van der Waals surface area contributed by atoms with Crippen molar-refractivity contribution in [2.75, 3.05) is 13.6 Å². The van der Waals surface area contributed by atoms with Crippen LogP contribution < -0.4 is 0 Å². The van der Waals surface area contributed by atoms with Gasteiger partial charge in [0.15, 0.2) is 0 Å². The van der Waals surface area contributed by atoms with Crippen LogP contribution in [0.1, 0.15) is 79.5 Å². The zero-order chi connectivity index (χ0) is 29.4. The third-order valence-corrected chi connectivity index (χ3v) is 11.2. The Bertz CT molecular complexity index is 1560. The van der Waals surface area contributed by atoms with E-state index in [1.165, 1.54) is 33.8 Å². The summed E-state index contributed by atoms with van der Waals surface area (Å²) in [7, 11) is 2.17. The van der Waals surface area contributed by atoms with Crippen LogP contribution in [0.25, 0.3) is 11.0 Å².